The van der Waals surface area contributed by atoms with E-state index < -0.39 is 11.7 Å². The second-order valence-corrected chi connectivity index (χ2v) is 4.04. The Morgan fingerprint density at radius 1 is 1.33 bits per heavy atom. The Balaban J connectivity index is 2.62. The van der Waals surface area contributed by atoms with Crippen LogP contribution in [0.2, 0.25) is 0 Å². The summed E-state index contributed by atoms with van der Waals surface area (Å²) in [6.07, 6.45) is -4.43. The van der Waals surface area contributed by atoms with Gasteiger partial charge in [0.1, 0.15) is 5.75 Å². The molecule has 3 nitrogen and oxygen atoms in total. The van der Waals surface area contributed by atoms with Gasteiger partial charge in [0, 0.05) is 6.54 Å². The van der Waals surface area contributed by atoms with Crippen LogP contribution in [0, 0.1) is 11.3 Å². The molecule has 98 valence electrons. The highest BCUT2D eigenvalue weighted by Gasteiger charge is 2.51. The van der Waals surface area contributed by atoms with Crippen LogP contribution in [0.5, 0.6) is 5.75 Å². The predicted octanol–water partition coefficient (Wildman–Crippen LogP) is 2.37. The molecular weight excluding hydrogens is 245 g/mol. The van der Waals surface area contributed by atoms with Gasteiger partial charge >= 0.3 is 6.18 Å². The van der Waals surface area contributed by atoms with E-state index in [1.807, 2.05) is 0 Å². The monoisotopic (exact) mass is 258 g/mol. The smallest absolute Gasteiger partial charge is 0.419 e. The fourth-order valence-corrected chi connectivity index (χ4v) is 1.37. The molecule has 0 saturated carbocycles. The lowest BCUT2D eigenvalue weighted by molar-refractivity contribution is -0.173. The zero-order valence-electron chi connectivity index (χ0n) is 9.75. The van der Waals surface area contributed by atoms with Gasteiger partial charge in [-0.1, -0.05) is 18.2 Å². The fraction of sp³-hybridized carbons (Fsp3) is 0.417. The molecule has 1 rings (SSSR count). The molecule has 18 heavy (non-hydrogen) atoms. The fourth-order valence-electron chi connectivity index (χ4n) is 1.37. The molecule has 0 bridgehead atoms. The lowest BCUT2D eigenvalue weighted by atomic mass is 10.0. The number of rotatable bonds is 4. The first-order valence-corrected chi connectivity index (χ1v) is 5.30. The van der Waals surface area contributed by atoms with Gasteiger partial charge in [0.25, 0.3) is 0 Å². The number of nitriles is 1. The van der Waals surface area contributed by atoms with Crippen molar-refractivity contribution >= 4 is 0 Å². The van der Waals surface area contributed by atoms with E-state index in [1.165, 1.54) is 12.1 Å². The lowest BCUT2D eigenvalue weighted by Crippen LogP contribution is -2.53. The number of hydrogen-bond acceptors (Lipinski definition) is 3. The van der Waals surface area contributed by atoms with Crippen molar-refractivity contribution in [2.24, 2.45) is 0 Å². The van der Waals surface area contributed by atoms with E-state index >= 15 is 0 Å². The minimum absolute atomic E-state index is 0.0324. The summed E-state index contributed by atoms with van der Waals surface area (Å²) >= 11 is 0. The van der Waals surface area contributed by atoms with E-state index in [0.717, 1.165) is 6.92 Å². The molecule has 0 radical (unpaired) electrons. The molecule has 0 fully saturated rings. The number of halogens is 3. The maximum atomic E-state index is 12.6. The highest BCUT2D eigenvalue weighted by atomic mass is 19.4. The van der Waals surface area contributed by atoms with Crippen LogP contribution in [0.25, 0.3) is 0 Å². The van der Waals surface area contributed by atoms with Gasteiger partial charge in [-0.05, 0) is 25.0 Å². The second-order valence-electron chi connectivity index (χ2n) is 4.04. The number of nitrogens with one attached hydrogen (secondary N) is 1. The standard InChI is InChI=1S/C12H13F3N2O/c1-11(8-16,12(13,14)15)17-7-6-9-4-2-3-5-10(9)18/h2-5,17-18H,6-7H2,1H3. The van der Waals surface area contributed by atoms with Crippen molar-refractivity contribution in [2.45, 2.75) is 25.1 Å². The number of phenolic OH excluding ortho intramolecular Hbond substituents is 1. The van der Waals surface area contributed by atoms with Crippen LogP contribution in [-0.2, 0) is 6.42 Å². The van der Waals surface area contributed by atoms with Crippen LogP contribution in [0.4, 0.5) is 13.2 Å². The molecule has 2 N–H and O–H groups in total. The van der Waals surface area contributed by atoms with Crippen molar-refractivity contribution in [3.8, 4) is 11.8 Å². The molecule has 1 atom stereocenters. The Labute approximate surface area is 103 Å². The number of aromatic hydroxyl groups is 1. The number of para-hydroxylation sites is 1. The molecule has 0 aliphatic heterocycles. The highest BCUT2D eigenvalue weighted by Crippen LogP contribution is 2.29. The van der Waals surface area contributed by atoms with E-state index in [9.17, 15) is 18.3 Å². The molecule has 0 saturated heterocycles. The quantitative estimate of drug-likeness (QED) is 0.871. The summed E-state index contributed by atoms with van der Waals surface area (Å²) in [6, 6.07) is 7.61. The first kappa shape index (κ1) is 14.3. The topological polar surface area (TPSA) is 56.0 Å². The largest absolute Gasteiger partial charge is 0.508 e. The molecule has 0 aliphatic rings. The summed E-state index contributed by atoms with van der Waals surface area (Å²) in [6.45, 7) is 0.735. The van der Waals surface area contributed by atoms with Crippen LogP contribution >= 0.6 is 0 Å². The van der Waals surface area contributed by atoms with Crippen molar-refractivity contribution in [1.29, 1.82) is 5.26 Å². The van der Waals surface area contributed by atoms with Gasteiger partial charge in [0.2, 0.25) is 0 Å². The summed E-state index contributed by atoms with van der Waals surface area (Å²) < 4.78 is 37.7. The summed E-state index contributed by atoms with van der Waals surface area (Å²) in [4.78, 5) is 0. The second kappa shape index (κ2) is 5.27. The molecular formula is C12H13F3N2O. The number of nitrogens with zero attached hydrogens (tertiary/aromatic N) is 1. The van der Waals surface area contributed by atoms with E-state index in [1.54, 1.807) is 18.2 Å². The normalized spacial score (nSPS) is 14.8. The molecule has 0 aromatic heterocycles. The van der Waals surface area contributed by atoms with Crippen LogP contribution < -0.4 is 5.32 Å². The van der Waals surface area contributed by atoms with Crippen LogP contribution in [0.15, 0.2) is 24.3 Å². The Morgan fingerprint density at radius 2 is 1.94 bits per heavy atom. The minimum Gasteiger partial charge on any atom is -0.508 e. The zero-order chi connectivity index (χ0) is 13.8. The number of benzene rings is 1. The average Bonchev–Trinajstić information content (AvgIpc) is 2.30. The van der Waals surface area contributed by atoms with Gasteiger partial charge in [-0.25, -0.2) is 0 Å². The molecule has 0 amide bonds. The third-order valence-corrected chi connectivity index (χ3v) is 2.66. The van der Waals surface area contributed by atoms with Gasteiger partial charge < -0.3 is 5.11 Å². The van der Waals surface area contributed by atoms with E-state index in [2.05, 4.69) is 5.32 Å². The van der Waals surface area contributed by atoms with Crippen LogP contribution in [0.1, 0.15) is 12.5 Å². The number of phenols is 1. The lowest BCUT2D eigenvalue weighted by Gasteiger charge is -2.26. The summed E-state index contributed by atoms with van der Waals surface area (Å²) in [5, 5.41) is 20.2. The maximum absolute atomic E-state index is 12.6. The first-order chi connectivity index (χ1) is 8.30. The van der Waals surface area contributed by atoms with Gasteiger partial charge in [0.05, 0.1) is 6.07 Å². The molecule has 0 aliphatic carbocycles. The van der Waals surface area contributed by atoms with Gasteiger partial charge in [-0.15, -0.1) is 0 Å². The van der Waals surface area contributed by atoms with Crippen molar-refractivity contribution in [2.75, 3.05) is 6.54 Å². The van der Waals surface area contributed by atoms with E-state index in [4.69, 9.17) is 5.26 Å². The number of alkyl halides is 3. The third kappa shape index (κ3) is 3.14. The van der Waals surface area contributed by atoms with Crippen LogP contribution in [0.3, 0.4) is 0 Å². The van der Waals surface area contributed by atoms with Crippen molar-refractivity contribution in [3.05, 3.63) is 29.8 Å². The van der Waals surface area contributed by atoms with E-state index in [0.29, 0.717) is 5.56 Å². The summed E-state index contributed by atoms with van der Waals surface area (Å²) in [5.41, 5.74) is -2.04. The average molecular weight is 258 g/mol. The molecule has 0 heterocycles. The van der Waals surface area contributed by atoms with Crippen molar-refractivity contribution in [3.63, 3.8) is 0 Å². The third-order valence-electron chi connectivity index (χ3n) is 2.66. The molecule has 0 spiro atoms. The SMILES string of the molecule is CC(C#N)(NCCc1ccccc1O)C(F)(F)F. The summed E-state index contributed by atoms with van der Waals surface area (Å²) in [7, 11) is 0. The van der Waals surface area contributed by atoms with Crippen molar-refractivity contribution in [1.82, 2.24) is 5.32 Å². The Morgan fingerprint density at radius 3 is 2.44 bits per heavy atom. The van der Waals surface area contributed by atoms with Gasteiger partial charge in [0.15, 0.2) is 5.54 Å². The predicted molar refractivity (Wildman–Crippen MR) is 59.9 cm³/mol. The highest BCUT2D eigenvalue weighted by molar-refractivity contribution is 5.32. The van der Waals surface area contributed by atoms with E-state index in [-0.39, 0.29) is 18.7 Å². The minimum atomic E-state index is -4.64. The molecule has 1 unspecified atom stereocenters. The molecule has 6 heteroatoms. The Bertz CT molecular complexity index is 453. The Hall–Kier alpha value is -1.74. The first-order valence-electron chi connectivity index (χ1n) is 5.30. The van der Waals surface area contributed by atoms with Gasteiger partial charge in [-0.3, -0.25) is 5.32 Å². The molecule has 1 aromatic carbocycles. The Kier molecular flexibility index (Phi) is 4.19. The molecule has 1 aromatic rings. The summed E-state index contributed by atoms with van der Waals surface area (Å²) in [5.74, 6) is 0.0324. The zero-order valence-corrected chi connectivity index (χ0v) is 9.75. The van der Waals surface area contributed by atoms with Crippen LogP contribution in [-0.4, -0.2) is 23.4 Å². The van der Waals surface area contributed by atoms with Gasteiger partial charge in [-0.2, -0.15) is 18.4 Å². The number of hydrogen-bond donors (Lipinski definition) is 2. The van der Waals surface area contributed by atoms with Crippen molar-refractivity contribution < 1.29 is 18.3 Å². The maximum Gasteiger partial charge on any atom is 0.419 e.